The summed E-state index contributed by atoms with van der Waals surface area (Å²) in [5.74, 6) is -2.24. The number of hydrogen-bond donors (Lipinski definition) is 0. The summed E-state index contributed by atoms with van der Waals surface area (Å²) in [5, 5.41) is 4.39. The number of amides is 1. The maximum Gasteiger partial charge on any atom is 0.380 e. The number of ketones is 1. The zero-order chi connectivity index (χ0) is 23.3. The maximum atomic E-state index is 12.8. The second-order valence-electron chi connectivity index (χ2n) is 7.80. The fraction of sp³-hybridized carbons (Fsp3) is 0.280. The fourth-order valence-corrected chi connectivity index (χ4v) is 3.51. The van der Waals surface area contributed by atoms with Gasteiger partial charge in [0, 0.05) is 12.6 Å². The third kappa shape index (κ3) is 5.11. The zero-order valence-corrected chi connectivity index (χ0v) is 18.7. The van der Waals surface area contributed by atoms with E-state index in [2.05, 4.69) is 5.10 Å². The van der Waals surface area contributed by atoms with E-state index < -0.39 is 18.4 Å². The van der Waals surface area contributed by atoms with Crippen molar-refractivity contribution in [2.75, 3.05) is 6.61 Å². The monoisotopic (exact) mass is 433 g/mol. The average molecular weight is 434 g/mol. The Morgan fingerprint density at radius 3 is 2.16 bits per heavy atom. The Morgan fingerprint density at radius 1 is 0.969 bits per heavy atom. The molecule has 0 radical (unpaired) electrons. The molecule has 32 heavy (non-hydrogen) atoms. The Hall–Kier alpha value is -3.74. The quantitative estimate of drug-likeness (QED) is 0.308. The molecule has 0 aliphatic carbocycles. The van der Waals surface area contributed by atoms with E-state index in [1.807, 2.05) is 74.5 Å². The number of Topliss-reactive ketones (excluding diaryl/α,β-unsaturated/α-hetero) is 1. The van der Waals surface area contributed by atoms with Crippen LogP contribution < -0.4 is 0 Å². The average Bonchev–Trinajstić information content (AvgIpc) is 3.09. The van der Waals surface area contributed by atoms with Crippen molar-refractivity contribution in [2.45, 2.75) is 40.3 Å². The van der Waals surface area contributed by atoms with Crippen LogP contribution in [0.1, 0.15) is 41.2 Å². The fourth-order valence-electron chi connectivity index (χ4n) is 3.51. The number of aryl methyl sites for hydroxylation is 1. The Balaban J connectivity index is 1.69. The van der Waals surface area contributed by atoms with E-state index in [0.717, 1.165) is 11.3 Å². The van der Waals surface area contributed by atoms with Crippen molar-refractivity contribution in [3.05, 3.63) is 83.2 Å². The topological polar surface area (TPSA) is 81.5 Å². The molecule has 0 saturated carbocycles. The zero-order valence-electron chi connectivity index (χ0n) is 18.7. The number of nitrogens with zero attached hydrogens (tertiary/aromatic N) is 3. The molecule has 0 N–H and O–H groups in total. The lowest BCUT2D eigenvalue weighted by atomic mass is 10.1. The molecule has 0 atom stereocenters. The molecule has 3 aromatic rings. The molecule has 1 aromatic heterocycles. The van der Waals surface area contributed by atoms with Crippen LogP contribution in [0.3, 0.4) is 0 Å². The van der Waals surface area contributed by atoms with Gasteiger partial charge in [0.25, 0.3) is 11.7 Å². The van der Waals surface area contributed by atoms with Crippen LogP contribution in [0.25, 0.3) is 5.69 Å². The molecular weight excluding hydrogens is 406 g/mol. The number of benzene rings is 2. The summed E-state index contributed by atoms with van der Waals surface area (Å²) in [6.07, 6.45) is 0. The molecule has 2 aromatic carbocycles. The summed E-state index contributed by atoms with van der Waals surface area (Å²) in [5.41, 5.74) is 2.90. The number of ether oxygens (including phenoxy) is 1. The van der Waals surface area contributed by atoms with Crippen molar-refractivity contribution in [3.63, 3.8) is 0 Å². The Labute approximate surface area is 187 Å². The van der Waals surface area contributed by atoms with Gasteiger partial charge in [0.15, 0.2) is 6.61 Å². The summed E-state index contributed by atoms with van der Waals surface area (Å²) in [7, 11) is 0. The third-order valence-electron chi connectivity index (χ3n) is 5.17. The first kappa shape index (κ1) is 22.9. The van der Waals surface area contributed by atoms with Crippen LogP contribution in [0.2, 0.25) is 0 Å². The van der Waals surface area contributed by atoms with Gasteiger partial charge in [-0.25, -0.2) is 9.48 Å². The van der Waals surface area contributed by atoms with E-state index in [1.54, 1.807) is 23.4 Å². The SMILES string of the molecule is Cc1nn(-c2ccccc2)c(C)c1C(=O)C(=O)OCC(=O)N(Cc1ccccc1)C(C)C. The molecule has 7 nitrogen and oxygen atoms in total. The highest BCUT2D eigenvalue weighted by atomic mass is 16.5. The van der Waals surface area contributed by atoms with Gasteiger partial charge in [-0.3, -0.25) is 9.59 Å². The lowest BCUT2D eigenvalue weighted by Crippen LogP contribution is -2.39. The summed E-state index contributed by atoms with van der Waals surface area (Å²) in [6.45, 7) is 7.06. The maximum absolute atomic E-state index is 12.8. The van der Waals surface area contributed by atoms with Gasteiger partial charge < -0.3 is 9.64 Å². The predicted molar refractivity (Wildman–Crippen MR) is 120 cm³/mol. The molecule has 1 heterocycles. The van der Waals surface area contributed by atoms with Crippen LogP contribution in [0.5, 0.6) is 0 Å². The molecule has 166 valence electrons. The predicted octanol–water partition coefficient (Wildman–Crippen LogP) is 3.65. The van der Waals surface area contributed by atoms with E-state index in [4.69, 9.17) is 4.74 Å². The van der Waals surface area contributed by atoms with Gasteiger partial charge in [0.2, 0.25) is 0 Å². The van der Waals surface area contributed by atoms with Crippen LogP contribution in [0.4, 0.5) is 0 Å². The van der Waals surface area contributed by atoms with Crippen molar-refractivity contribution in [1.29, 1.82) is 0 Å². The van der Waals surface area contributed by atoms with Crippen molar-refractivity contribution in [3.8, 4) is 5.69 Å². The van der Waals surface area contributed by atoms with E-state index in [9.17, 15) is 14.4 Å². The molecule has 3 rings (SSSR count). The molecule has 0 aliphatic heterocycles. The first-order chi connectivity index (χ1) is 15.3. The number of para-hydroxylation sites is 1. The second-order valence-corrected chi connectivity index (χ2v) is 7.80. The molecule has 1 amide bonds. The highest BCUT2D eigenvalue weighted by Gasteiger charge is 2.28. The number of esters is 1. The van der Waals surface area contributed by atoms with Gasteiger partial charge in [0.05, 0.1) is 22.6 Å². The number of hydrogen-bond acceptors (Lipinski definition) is 5. The van der Waals surface area contributed by atoms with Gasteiger partial charge >= 0.3 is 5.97 Å². The van der Waals surface area contributed by atoms with Gasteiger partial charge in [-0.1, -0.05) is 48.5 Å². The molecule has 0 spiro atoms. The standard InChI is InChI=1S/C25H27N3O4/c1-17(2)27(15-20-11-7-5-8-12-20)22(29)16-32-25(31)24(30)23-18(3)26-28(19(23)4)21-13-9-6-10-14-21/h5-14,17H,15-16H2,1-4H3. The van der Waals surface area contributed by atoms with Crippen LogP contribution in [-0.4, -0.2) is 45.0 Å². The minimum Gasteiger partial charge on any atom is -0.450 e. The van der Waals surface area contributed by atoms with Gasteiger partial charge in [-0.05, 0) is 45.4 Å². The largest absolute Gasteiger partial charge is 0.450 e. The molecule has 0 unspecified atom stereocenters. The molecule has 0 fully saturated rings. The van der Waals surface area contributed by atoms with Crippen molar-refractivity contribution in [1.82, 2.24) is 14.7 Å². The van der Waals surface area contributed by atoms with Gasteiger partial charge in [0.1, 0.15) is 0 Å². The summed E-state index contributed by atoms with van der Waals surface area (Å²) in [4.78, 5) is 39.6. The van der Waals surface area contributed by atoms with E-state index >= 15 is 0 Å². The van der Waals surface area contributed by atoms with Gasteiger partial charge in [-0.15, -0.1) is 0 Å². The van der Waals surface area contributed by atoms with E-state index in [0.29, 0.717) is 17.9 Å². The first-order valence-electron chi connectivity index (χ1n) is 10.5. The smallest absolute Gasteiger partial charge is 0.380 e. The van der Waals surface area contributed by atoms with Crippen molar-refractivity contribution < 1.29 is 19.1 Å². The van der Waals surface area contributed by atoms with Crippen molar-refractivity contribution >= 4 is 17.7 Å². The van der Waals surface area contributed by atoms with Crippen LogP contribution in [0.15, 0.2) is 60.7 Å². The number of carbonyl (C=O) groups excluding carboxylic acids is 3. The Bertz CT molecular complexity index is 1100. The summed E-state index contributed by atoms with van der Waals surface area (Å²) >= 11 is 0. The lowest BCUT2D eigenvalue weighted by Gasteiger charge is -2.26. The number of rotatable bonds is 8. The number of aromatic nitrogens is 2. The highest BCUT2D eigenvalue weighted by Crippen LogP contribution is 2.19. The van der Waals surface area contributed by atoms with E-state index in [-0.39, 0.29) is 17.5 Å². The van der Waals surface area contributed by atoms with Crippen LogP contribution >= 0.6 is 0 Å². The molecule has 0 aliphatic rings. The third-order valence-corrected chi connectivity index (χ3v) is 5.17. The van der Waals surface area contributed by atoms with Crippen LogP contribution in [0, 0.1) is 13.8 Å². The highest BCUT2D eigenvalue weighted by molar-refractivity contribution is 6.41. The lowest BCUT2D eigenvalue weighted by molar-refractivity contribution is -0.149. The Kier molecular flexibility index (Phi) is 7.20. The minimum absolute atomic E-state index is 0.0919. The summed E-state index contributed by atoms with van der Waals surface area (Å²) in [6, 6.07) is 18.8. The molecule has 7 heteroatoms. The minimum atomic E-state index is -1.07. The Morgan fingerprint density at radius 2 is 1.56 bits per heavy atom. The van der Waals surface area contributed by atoms with E-state index in [1.165, 1.54) is 0 Å². The summed E-state index contributed by atoms with van der Waals surface area (Å²) < 4.78 is 6.71. The first-order valence-corrected chi connectivity index (χ1v) is 10.5. The van der Waals surface area contributed by atoms with Crippen molar-refractivity contribution in [2.24, 2.45) is 0 Å². The normalized spacial score (nSPS) is 10.8. The molecular formula is C25H27N3O4. The molecule has 0 bridgehead atoms. The van der Waals surface area contributed by atoms with Gasteiger partial charge in [-0.2, -0.15) is 5.10 Å². The molecule has 0 saturated heterocycles. The van der Waals surface area contributed by atoms with Crippen LogP contribution in [-0.2, 0) is 20.9 Å². The second kappa shape index (κ2) is 10.0. The number of carbonyl (C=O) groups is 3.